The van der Waals surface area contributed by atoms with Crippen LogP contribution in [0.5, 0.6) is 0 Å². The molecule has 1 heteroatoms. The fourth-order valence-corrected chi connectivity index (χ4v) is 7.57. The molecule has 1 aromatic carbocycles. The Morgan fingerprint density at radius 1 is 0.719 bits per heavy atom. The minimum Gasteiger partial charge on any atom is -0.328 e. The third-order valence-electron chi connectivity index (χ3n) is 9.78. The van der Waals surface area contributed by atoms with Crippen molar-refractivity contribution in [2.75, 3.05) is 0 Å². The Kier molecular flexibility index (Phi) is 9.15. The van der Waals surface area contributed by atoms with E-state index in [2.05, 4.69) is 32.0 Å². The molecule has 0 bridgehead atoms. The van der Waals surface area contributed by atoms with Gasteiger partial charge in [-0.1, -0.05) is 57.7 Å². The Bertz CT molecular complexity index is 670. The van der Waals surface area contributed by atoms with Gasteiger partial charge in [0.05, 0.1) is 0 Å². The van der Waals surface area contributed by atoms with Gasteiger partial charge in [0.1, 0.15) is 0 Å². The SMILES string of the molecule is CCCCCC1CCC(c2ccc(C3CCC(C4CCC(N)CC4)CC3)c(CC)c2)CC1. The molecular formula is C31H51N. The van der Waals surface area contributed by atoms with Gasteiger partial charge in [0.25, 0.3) is 0 Å². The molecule has 3 fully saturated rings. The van der Waals surface area contributed by atoms with Crippen molar-refractivity contribution in [1.82, 2.24) is 0 Å². The molecule has 0 heterocycles. The van der Waals surface area contributed by atoms with E-state index in [1.54, 1.807) is 16.7 Å². The topological polar surface area (TPSA) is 26.0 Å². The molecule has 2 N–H and O–H groups in total. The van der Waals surface area contributed by atoms with Crippen LogP contribution in [0.4, 0.5) is 0 Å². The van der Waals surface area contributed by atoms with Crippen molar-refractivity contribution in [2.45, 2.75) is 141 Å². The second kappa shape index (κ2) is 12.0. The van der Waals surface area contributed by atoms with Gasteiger partial charge >= 0.3 is 0 Å². The lowest BCUT2D eigenvalue weighted by molar-refractivity contribution is 0.177. The molecule has 1 aromatic rings. The number of nitrogens with two attached hydrogens (primary N) is 1. The van der Waals surface area contributed by atoms with Gasteiger partial charge < -0.3 is 5.73 Å². The van der Waals surface area contributed by atoms with Crippen molar-refractivity contribution in [2.24, 2.45) is 23.5 Å². The van der Waals surface area contributed by atoms with E-state index in [1.807, 2.05) is 0 Å². The molecule has 0 atom stereocenters. The zero-order chi connectivity index (χ0) is 22.3. The quantitative estimate of drug-likeness (QED) is 0.404. The minimum absolute atomic E-state index is 0.490. The summed E-state index contributed by atoms with van der Waals surface area (Å²) in [6.07, 6.45) is 23.8. The van der Waals surface area contributed by atoms with Crippen molar-refractivity contribution < 1.29 is 0 Å². The van der Waals surface area contributed by atoms with Crippen LogP contribution >= 0.6 is 0 Å². The minimum atomic E-state index is 0.490. The second-order valence-corrected chi connectivity index (χ2v) is 11.8. The van der Waals surface area contributed by atoms with E-state index in [-0.39, 0.29) is 0 Å². The average Bonchev–Trinajstić information content (AvgIpc) is 2.85. The summed E-state index contributed by atoms with van der Waals surface area (Å²) in [4.78, 5) is 0. The van der Waals surface area contributed by atoms with Crippen LogP contribution in [0.1, 0.15) is 145 Å². The third kappa shape index (κ3) is 6.19. The van der Waals surface area contributed by atoms with Gasteiger partial charge in [-0.3, -0.25) is 0 Å². The van der Waals surface area contributed by atoms with Gasteiger partial charge in [0, 0.05) is 6.04 Å². The van der Waals surface area contributed by atoms with E-state index >= 15 is 0 Å². The predicted octanol–water partition coefficient (Wildman–Crippen LogP) is 8.89. The van der Waals surface area contributed by atoms with Gasteiger partial charge in [-0.25, -0.2) is 0 Å². The van der Waals surface area contributed by atoms with Crippen LogP contribution in [0.2, 0.25) is 0 Å². The molecule has 0 saturated heterocycles. The zero-order valence-electron chi connectivity index (χ0n) is 21.3. The molecule has 3 aliphatic rings. The van der Waals surface area contributed by atoms with Crippen LogP contribution in [0.3, 0.4) is 0 Å². The number of rotatable bonds is 8. The number of aryl methyl sites for hydroxylation is 1. The molecule has 0 aliphatic heterocycles. The largest absolute Gasteiger partial charge is 0.328 e. The summed E-state index contributed by atoms with van der Waals surface area (Å²) in [6.45, 7) is 4.70. The van der Waals surface area contributed by atoms with Crippen LogP contribution in [-0.2, 0) is 6.42 Å². The first-order valence-corrected chi connectivity index (χ1v) is 14.6. The highest BCUT2D eigenvalue weighted by Crippen LogP contribution is 2.44. The van der Waals surface area contributed by atoms with E-state index in [9.17, 15) is 0 Å². The van der Waals surface area contributed by atoms with Gasteiger partial charge in [-0.15, -0.1) is 0 Å². The lowest BCUT2D eigenvalue weighted by atomic mass is 9.68. The maximum atomic E-state index is 6.15. The van der Waals surface area contributed by atoms with Gasteiger partial charge in [-0.2, -0.15) is 0 Å². The van der Waals surface area contributed by atoms with Crippen molar-refractivity contribution in [3.05, 3.63) is 34.9 Å². The number of hydrogen-bond acceptors (Lipinski definition) is 1. The molecule has 32 heavy (non-hydrogen) atoms. The Labute approximate surface area is 199 Å². The number of hydrogen-bond donors (Lipinski definition) is 1. The first kappa shape index (κ1) is 24.3. The molecule has 0 radical (unpaired) electrons. The van der Waals surface area contributed by atoms with Crippen molar-refractivity contribution in [3.63, 3.8) is 0 Å². The summed E-state index contributed by atoms with van der Waals surface area (Å²) in [5, 5.41) is 0. The van der Waals surface area contributed by atoms with Gasteiger partial charge in [0.2, 0.25) is 0 Å². The van der Waals surface area contributed by atoms with E-state index in [4.69, 9.17) is 5.73 Å². The fraction of sp³-hybridized carbons (Fsp3) is 0.806. The van der Waals surface area contributed by atoms with E-state index in [1.165, 1.54) is 109 Å². The smallest absolute Gasteiger partial charge is 0.00390 e. The monoisotopic (exact) mass is 437 g/mol. The standard InChI is InChI=1S/C31H51N/c1-3-5-6-7-23-8-10-27(11-9-23)29-18-21-31(24(4-2)22-29)28-14-12-25(13-15-28)26-16-19-30(32)20-17-26/h18,21-23,25-28,30H,3-17,19-20,32H2,1-2H3. The first-order valence-electron chi connectivity index (χ1n) is 14.6. The molecule has 180 valence electrons. The summed E-state index contributed by atoms with van der Waals surface area (Å²) in [5.74, 6) is 4.61. The van der Waals surface area contributed by atoms with Crippen LogP contribution in [0.15, 0.2) is 18.2 Å². The van der Waals surface area contributed by atoms with Crippen LogP contribution in [0.25, 0.3) is 0 Å². The number of unbranched alkanes of at least 4 members (excludes halogenated alkanes) is 2. The molecule has 0 amide bonds. The molecular weight excluding hydrogens is 386 g/mol. The van der Waals surface area contributed by atoms with Crippen LogP contribution < -0.4 is 5.73 Å². The lowest BCUT2D eigenvalue weighted by Crippen LogP contribution is -2.31. The van der Waals surface area contributed by atoms with Crippen LogP contribution in [-0.4, -0.2) is 6.04 Å². The summed E-state index contributed by atoms with van der Waals surface area (Å²) < 4.78 is 0. The fourth-order valence-electron chi connectivity index (χ4n) is 7.57. The number of benzene rings is 1. The Morgan fingerprint density at radius 2 is 1.34 bits per heavy atom. The lowest BCUT2D eigenvalue weighted by Gasteiger charge is -2.38. The Hall–Kier alpha value is -0.820. The Morgan fingerprint density at radius 3 is 1.97 bits per heavy atom. The first-order chi connectivity index (χ1) is 15.7. The molecule has 0 aromatic heterocycles. The van der Waals surface area contributed by atoms with E-state index < -0.39 is 0 Å². The molecule has 0 spiro atoms. The highest BCUT2D eigenvalue weighted by molar-refractivity contribution is 5.36. The maximum absolute atomic E-state index is 6.15. The molecule has 0 unspecified atom stereocenters. The van der Waals surface area contributed by atoms with E-state index in [0.29, 0.717) is 6.04 Å². The van der Waals surface area contributed by atoms with E-state index in [0.717, 1.165) is 29.6 Å². The molecule has 3 saturated carbocycles. The maximum Gasteiger partial charge on any atom is 0.00390 e. The molecule has 4 rings (SSSR count). The van der Waals surface area contributed by atoms with Crippen molar-refractivity contribution >= 4 is 0 Å². The zero-order valence-corrected chi connectivity index (χ0v) is 21.3. The highest BCUT2D eigenvalue weighted by Gasteiger charge is 2.31. The van der Waals surface area contributed by atoms with Crippen LogP contribution in [0, 0.1) is 17.8 Å². The predicted molar refractivity (Wildman–Crippen MR) is 139 cm³/mol. The van der Waals surface area contributed by atoms with Gasteiger partial charge in [-0.05, 0) is 130 Å². The third-order valence-corrected chi connectivity index (χ3v) is 9.78. The summed E-state index contributed by atoms with van der Waals surface area (Å²) in [7, 11) is 0. The Balaban J connectivity index is 1.30. The van der Waals surface area contributed by atoms with Crippen molar-refractivity contribution in [1.29, 1.82) is 0 Å². The summed E-state index contributed by atoms with van der Waals surface area (Å²) >= 11 is 0. The van der Waals surface area contributed by atoms with Crippen molar-refractivity contribution in [3.8, 4) is 0 Å². The van der Waals surface area contributed by atoms with Gasteiger partial charge in [0.15, 0.2) is 0 Å². The summed E-state index contributed by atoms with van der Waals surface area (Å²) in [5.41, 5.74) is 11.2. The highest BCUT2D eigenvalue weighted by atomic mass is 14.6. The molecule has 1 nitrogen and oxygen atoms in total. The average molecular weight is 438 g/mol. The second-order valence-electron chi connectivity index (χ2n) is 11.8. The normalized spacial score (nSPS) is 33.8. The summed E-state index contributed by atoms with van der Waals surface area (Å²) in [6, 6.07) is 8.22. The molecule has 3 aliphatic carbocycles.